The lowest BCUT2D eigenvalue weighted by Gasteiger charge is -2.17. The Morgan fingerprint density at radius 1 is 1.11 bits per heavy atom. The number of aryl methyl sites for hydroxylation is 1. The van der Waals surface area contributed by atoms with Crippen LogP contribution in [0.1, 0.15) is 17.9 Å². The molecule has 1 N–H and O–H groups in total. The minimum atomic E-state index is -0.452. The molecule has 182 valence electrons. The van der Waals surface area contributed by atoms with Crippen LogP contribution < -0.4 is 15.0 Å². The van der Waals surface area contributed by atoms with Gasteiger partial charge in [0, 0.05) is 36.0 Å². The van der Waals surface area contributed by atoms with Crippen molar-refractivity contribution in [3.8, 4) is 17.2 Å². The molecule has 5 rings (SSSR count). The average molecular weight is 487 g/mol. The smallest absolute Gasteiger partial charge is 0.254 e. The van der Waals surface area contributed by atoms with Gasteiger partial charge in [0.05, 0.1) is 5.92 Å². The van der Waals surface area contributed by atoms with Crippen LogP contribution in [0, 0.1) is 18.7 Å². The molecule has 1 aromatic heterocycles. The topological polar surface area (TPSA) is 97.6 Å². The highest BCUT2D eigenvalue weighted by atomic mass is 19.1. The first kappa shape index (κ1) is 23.2. The predicted octanol–water partition coefficient (Wildman–Crippen LogP) is 4.75. The van der Waals surface area contributed by atoms with Crippen LogP contribution in [0.15, 0.2) is 77.2 Å². The molecule has 0 unspecified atom stereocenters. The normalized spacial score (nSPS) is 15.2. The number of nitrogens with one attached hydrogen (secondary N) is 1. The van der Waals surface area contributed by atoms with E-state index < -0.39 is 5.92 Å². The Morgan fingerprint density at radius 3 is 2.67 bits per heavy atom. The lowest BCUT2D eigenvalue weighted by Crippen LogP contribution is -2.28. The second kappa shape index (κ2) is 9.99. The summed E-state index contributed by atoms with van der Waals surface area (Å²) in [5.74, 6) is -0.0851. The molecule has 36 heavy (non-hydrogen) atoms. The first-order valence-electron chi connectivity index (χ1n) is 11.4. The summed E-state index contributed by atoms with van der Waals surface area (Å²) < 4.78 is 24.4. The van der Waals surface area contributed by atoms with Crippen molar-refractivity contribution in [2.75, 3.05) is 16.8 Å². The van der Waals surface area contributed by atoms with Crippen molar-refractivity contribution < 1.29 is 23.1 Å². The van der Waals surface area contributed by atoms with Gasteiger partial charge in [-0.1, -0.05) is 23.8 Å². The molecule has 1 fully saturated rings. The number of nitrogens with zero attached hydrogens (tertiary/aromatic N) is 3. The fourth-order valence-electron chi connectivity index (χ4n) is 3.93. The molecule has 0 aliphatic carbocycles. The minimum Gasteiger partial charge on any atom is -0.484 e. The molecule has 0 spiro atoms. The number of anilines is 2. The lowest BCUT2D eigenvalue weighted by molar-refractivity contribution is -0.122. The Morgan fingerprint density at radius 2 is 1.89 bits per heavy atom. The molecular formula is C27H23FN4O4. The number of rotatable bonds is 7. The Bertz CT molecular complexity index is 1390. The summed E-state index contributed by atoms with van der Waals surface area (Å²) in [7, 11) is 0. The zero-order valence-electron chi connectivity index (χ0n) is 19.5. The van der Waals surface area contributed by atoms with Crippen molar-refractivity contribution >= 4 is 23.2 Å². The summed E-state index contributed by atoms with van der Waals surface area (Å²) in [6, 6.07) is 20.3. The van der Waals surface area contributed by atoms with Gasteiger partial charge in [0.1, 0.15) is 11.6 Å². The van der Waals surface area contributed by atoms with E-state index in [1.165, 1.54) is 12.1 Å². The van der Waals surface area contributed by atoms with E-state index in [0.717, 1.165) is 11.3 Å². The van der Waals surface area contributed by atoms with Crippen molar-refractivity contribution in [1.29, 1.82) is 0 Å². The van der Waals surface area contributed by atoms with E-state index in [4.69, 9.17) is 9.15 Å². The largest absolute Gasteiger partial charge is 0.484 e. The zero-order valence-corrected chi connectivity index (χ0v) is 19.5. The van der Waals surface area contributed by atoms with E-state index >= 15 is 0 Å². The van der Waals surface area contributed by atoms with Gasteiger partial charge >= 0.3 is 0 Å². The Kier molecular flexibility index (Phi) is 6.44. The third-order valence-electron chi connectivity index (χ3n) is 5.86. The van der Waals surface area contributed by atoms with E-state index in [1.807, 2.05) is 31.2 Å². The van der Waals surface area contributed by atoms with Crippen LogP contribution in [0.2, 0.25) is 0 Å². The highest BCUT2D eigenvalue weighted by Gasteiger charge is 2.35. The van der Waals surface area contributed by atoms with E-state index in [0.29, 0.717) is 23.5 Å². The number of benzene rings is 3. The third-order valence-corrected chi connectivity index (χ3v) is 5.86. The van der Waals surface area contributed by atoms with Gasteiger partial charge in [-0.05, 0) is 55.5 Å². The van der Waals surface area contributed by atoms with Gasteiger partial charge in [0.25, 0.3) is 5.89 Å². The maximum absolute atomic E-state index is 13.1. The van der Waals surface area contributed by atoms with Crippen LogP contribution in [0.3, 0.4) is 0 Å². The van der Waals surface area contributed by atoms with Crippen LogP contribution in [0.4, 0.5) is 15.8 Å². The second-order valence-corrected chi connectivity index (χ2v) is 8.55. The molecule has 2 amide bonds. The van der Waals surface area contributed by atoms with E-state index in [-0.39, 0.29) is 42.4 Å². The highest BCUT2D eigenvalue weighted by molar-refractivity contribution is 6.03. The van der Waals surface area contributed by atoms with Crippen molar-refractivity contribution in [3.05, 3.63) is 90.1 Å². The number of amides is 2. The predicted molar refractivity (Wildman–Crippen MR) is 131 cm³/mol. The summed E-state index contributed by atoms with van der Waals surface area (Å²) in [6.07, 6.45) is 0.156. The quantitative estimate of drug-likeness (QED) is 0.405. The Labute approximate surface area is 206 Å². The second-order valence-electron chi connectivity index (χ2n) is 8.55. The van der Waals surface area contributed by atoms with Crippen LogP contribution in [0.25, 0.3) is 11.5 Å². The van der Waals surface area contributed by atoms with Crippen LogP contribution in [-0.2, 0) is 16.2 Å². The number of halogens is 1. The van der Waals surface area contributed by atoms with Crippen molar-refractivity contribution in [2.24, 2.45) is 5.92 Å². The van der Waals surface area contributed by atoms with Gasteiger partial charge in [-0.25, -0.2) is 4.39 Å². The van der Waals surface area contributed by atoms with Gasteiger partial charge in [-0.3, -0.25) is 9.59 Å². The Hall–Kier alpha value is -4.53. The van der Waals surface area contributed by atoms with Gasteiger partial charge in [0.2, 0.25) is 17.7 Å². The molecule has 1 aliphatic rings. The SMILES string of the molecule is Cc1ccc(N2C[C@@H](C(=O)Nc3cccc(OCc4nnc(-c5ccc(F)cc5)o4)c3)CC2=O)cc1. The fraction of sp³-hybridized carbons (Fsp3) is 0.185. The molecule has 9 heteroatoms. The third kappa shape index (κ3) is 5.25. The molecule has 0 saturated carbocycles. The molecule has 1 atom stereocenters. The van der Waals surface area contributed by atoms with Gasteiger partial charge in [0.15, 0.2) is 6.61 Å². The number of carbonyl (C=O) groups excluding carboxylic acids is 2. The summed E-state index contributed by atoms with van der Waals surface area (Å²) >= 11 is 0. The monoisotopic (exact) mass is 486 g/mol. The standard InChI is InChI=1S/C27H23FN4O4/c1-17-5-11-22(12-6-17)32-15-19(13-25(32)33)26(34)29-21-3-2-4-23(14-21)35-16-24-30-31-27(36-24)18-7-9-20(28)10-8-18/h2-12,14,19H,13,15-16H2,1H3,(H,29,34)/t19-/m0/s1. The van der Waals surface area contributed by atoms with Crippen LogP contribution in [-0.4, -0.2) is 28.6 Å². The summed E-state index contributed by atoms with van der Waals surface area (Å²) in [5, 5.41) is 10.8. The van der Waals surface area contributed by atoms with Gasteiger partial charge in [-0.2, -0.15) is 0 Å². The number of carbonyl (C=O) groups is 2. The van der Waals surface area contributed by atoms with Crippen LogP contribution >= 0.6 is 0 Å². The molecule has 1 aliphatic heterocycles. The molecular weight excluding hydrogens is 463 g/mol. The number of aromatic nitrogens is 2. The first-order chi connectivity index (χ1) is 17.4. The summed E-state index contributed by atoms with van der Waals surface area (Å²) in [6.45, 7) is 2.34. The van der Waals surface area contributed by atoms with E-state index in [9.17, 15) is 14.0 Å². The zero-order chi connectivity index (χ0) is 25.1. The summed E-state index contributed by atoms with van der Waals surface area (Å²) in [4.78, 5) is 27.0. The summed E-state index contributed by atoms with van der Waals surface area (Å²) in [5.41, 5.74) is 3.05. The van der Waals surface area contributed by atoms with E-state index in [2.05, 4.69) is 15.5 Å². The number of ether oxygens (including phenoxy) is 1. The molecule has 2 heterocycles. The maximum Gasteiger partial charge on any atom is 0.254 e. The van der Waals surface area contributed by atoms with Gasteiger partial charge < -0.3 is 19.4 Å². The van der Waals surface area contributed by atoms with Crippen LogP contribution in [0.5, 0.6) is 5.75 Å². The molecule has 0 radical (unpaired) electrons. The number of hydrogen-bond donors (Lipinski definition) is 1. The van der Waals surface area contributed by atoms with E-state index in [1.54, 1.807) is 41.3 Å². The molecule has 4 aromatic rings. The average Bonchev–Trinajstić information content (AvgIpc) is 3.51. The number of hydrogen-bond acceptors (Lipinski definition) is 6. The Balaban J connectivity index is 1.18. The highest BCUT2D eigenvalue weighted by Crippen LogP contribution is 2.27. The van der Waals surface area contributed by atoms with Crippen molar-refractivity contribution in [3.63, 3.8) is 0 Å². The molecule has 0 bridgehead atoms. The molecule has 3 aromatic carbocycles. The fourth-order valence-corrected chi connectivity index (χ4v) is 3.93. The van der Waals surface area contributed by atoms with Crippen molar-refractivity contribution in [1.82, 2.24) is 10.2 Å². The minimum absolute atomic E-state index is 0.0221. The first-order valence-corrected chi connectivity index (χ1v) is 11.4. The molecule has 8 nitrogen and oxygen atoms in total. The van der Waals surface area contributed by atoms with Crippen molar-refractivity contribution in [2.45, 2.75) is 20.0 Å². The molecule has 1 saturated heterocycles. The van der Waals surface area contributed by atoms with Gasteiger partial charge in [-0.15, -0.1) is 10.2 Å². The lowest BCUT2D eigenvalue weighted by atomic mass is 10.1. The maximum atomic E-state index is 13.1.